The van der Waals surface area contributed by atoms with Crippen LogP contribution in [0, 0.1) is 13.8 Å². The lowest BCUT2D eigenvalue weighted by Gasteiger charge is -2.33. The summed E-state index contributed by atoms with van der Waals surface area (Å²) < 4.78 is 1.80. The molecule has 0 spiro atoms. The summed E-state index contributed by atoms with van der Waals surface area (Å²) in [5.74, 6) is 0.0339. The third-order valence-corrected chi connectivity index (χ3v) is 5.08. The first kappa shape index (κ1) is 19.3. The molecule has 0 aliphatic carbocycles. The van der Waals surface area contributed by atoms with Gasteiger partial charge in [-0.25, -0.2) is 0 Å². The van der Waals surface area contributed by atoms with Crippen LogP contribution in [0.4, 0.5) is 5.69 Å². The number of carbonyl (C=O) groups excluding carboxylic acids is 1. The van der Waals surface area contributed by atoms with E-state index in [-0.39, 0.29) is 5.91 Å². The van der Waals surface area contributed by atoms with Gasteiger partial charge < -0.3 is 5.32 Å². The lowest BCUT2D eigenvalue weighted by atomic mass is 10.2. The maximum absolute atomic E-state index is 12.4. The summed E-state index contributed by atoms with van der Waals surface area (Å²) in [4.78, 5) is 17.0. The molecule has 27 heavy (non-hydrogen) atoms. The fraction of sp³-hybridized carbons (Fsp3) is 0.429. The number of amides is 1. The fourth-order valence-corrected chi connectivity index (χ4v) is 3.37. The highest BCUT2D eigenvalue weighted by Crippen LogP contribution is 2.18. The number of hydrogen-bond donors (Lipinski definition) is 1. The van der Waals surface area contributed by atoms with Crippen LogP contribution in [-0.4, -0.2) is 64.8 Å². The average Bonchev–Trinajstić information content (AvgIpc) is 2.90. The van der Waals surface area contributed by atoms with Crippen LogP contribution in [0.1, 0.15) is 17.0 Å². The summed E-state index contributed by atoms with van der Waals surface area (Å²) in [6.45, 7) is 9.07. The Kier molecular flexibility index (Phi) is 6.42. The minimum Gasteiger partial charge on any atom is -0.322 e. The molecule has 0 atom stereocenters. The molecule has 1 aliphatic rings. The minimum atomic E-state index is 0.0339. The van der Waals surface area contributed by atoms with Crippen molar-refractivity contribution >= 4 is 17.7 Å². The molecule has 1 saturated heterocycles. The molecule has 1 N–H and O–H groups in total. The number of rotatable bonds is 6. The number of nitrogens with one attached hydrogen (secondary N) is 1. The van der Waals surface area contributed by atoms with E-state index in [1.165, 1.54) is 5.56 Å². The molecule has 1 fully saturated rings. The van der Waals surface area contributed by atoms with Gasteiger partial charge in [0, 0.05) is 39.8 Å². The third-order valence-electron chi connectivity index (χ3n) is 5.08. The largest absolute Gasteiger partial charge is 0.322 e. The van der Waals surface area contributed by atoms with Crippen LogP contribution in [0.15, 0.2) is 36.4 Å². The van der Waals surface area contributed by atoms with Crippen molar-refractivity contribution in [2.45, 2.75) is 13.8 Å². The Morgan fingerprint density at radius 2 is 1.78 bits per heavy atom. The van der Waals surface area contributed by atoms with Crippen molar-refractivity contribution < 1.29 is 4.79 Å². The molecule has 6 heteroatoms. The van der Waals surface area contributed by atoms with Gasteiger partial charge in [-0.2, -0.15) is 5.10 Å². The van der Waals surface area contributed by atoms with Gasteiger partial charge in [0.1, 0.15) is 0 Å². The van der Waals surface area contributed by atoms with E-state index in [2.05, 4.69) is 56.6 Å². The second-order valence-electron chi connectivity index (χ2n) is 7.11. The van der Waals surface area contributed by atoms with E-state index in [1.54, 1.807) is 4.68 Å². The topological polar surface area (TPSA) is 53.4 Å². The van der Waals surface area contributed by atoms with Crippen molar-refractivity contribution in [3.8, 4) is 0 Å². The monoisotopic (exact) mass is 367 g/mol. The van der Waals surface area contributed by atoms with Gasteiger partial charge in [0.2, 0.25) is 5.91 Å². The highest BCUT2D eigenvalue weighted by atomic mass is 16.2. The molecule has 6 nitrogen and oxygen atoms in total. The Bertz CT molecular complexity index is 788. The number of anilines is 1. The molecule has 0 unspecified atom stereocenters. The second kappa shape index (κ2) is 8.97. The maximum Gasteiger partial charge on any atom is 0.238 e. The Balaban J connectivity index is 1.41. The second-order valence-corrected chi connectivity index (χ2v) is 7.11. The summed E-state index contributed by atoms with van der Waals surface area (Å²) in [5, 5.41) is 7.37. The summed E-state index contributed by atoms with van der Waals surface area (Å²) in [6.07, 6.45) is 4.38. The van der Waals surface area contributed by atoms with Gasteiger partial charge in [-0.15, -0.1) is 0 Å². The van der Waals surface area contributed by atoms with Crippen LogP contribution in [0.3, 0.4) is 0 Å². The third kappa shape index (κ3) is 5.28. The zero-order chi connectivity index (χ0) is 19.2. The van der Waals surface area contributed by atoms with Crippen molar-refractivity contribution in [1.29, 1.82) is 0 Å². The van der Waals surface area contributed by atoms with Gasteiger partial charge in [0.15, 0.2) is 0 Å². The van der Waals surface area contributed by atoms with E-state index in [9.17, 15) is 4.79 Å². The van der Waals surface area contributed by atoms with E-state index >= 15 is 0 Å². The first-order valence-corrected chi connectivity index (χ1v) is 9.49. The van der Waals surface area contributed by atoms with Gasteiger partial charge in [0.05, 0.1) is 23.6 Å². The normalized spacial score (nSPS) is 16.1. The number of benzene rings is 1. The number of nitrogens with zero attached hydrogens (tertiary/aromatic N) is 4. The molecule has 0 saturated carbocycles. The van der Waals surface area contributed by atoms with E-state index < -0.39 is 0 Å². The van der Waals surface area contributed by atoms with Crippen LogP contribution in [0.5, 0.6) is 0 Å². The van der Waals surface area contributed by atoms with E-state index in [0.717, 1.165) is 49.8 Å². The van der Waals surface area contributed by atoms with Crippen molar-refractivity contribution in [2.24, 2.45) is 7.05 Å². The van der Waals surface area contributed by atoms with E-state index in [1.807, 2.05) is 27.0 Å². The average molecular weight is 367 g/mol. The fourth-order valence-electron chi connectivity index (χ4n) is 3.37. The number of aromatic nitrogens is 2. The van der Waals surface area contributed by atoms with Crippen molar-refractivity contribution in [3.63, 3.8) is 0 Å². The van der Waals surface area contributed by atoms with Gasteiger partial charge >= 0.3 is 0 Å². The Morgan fingerprint density at radius 3 is 2.41 bits per heavy atom. The molecular weight excluding hydrogens is 338 g/mol. The number of piperazine rings is 1. The molecular formula is C21H29N5O. The molecule has 1 aromatic carbocycles. The van der Waals surface area contributed by atoms with Crippen molar-refractivity contribution in [3.05, 3.63) is 53.4 Å². The Hall–Kier alpha value is -2.44. The Labute approximate surface area is 161 Å². The number of aryl methyl sites for hydroxylation is 2. The zero-order valence-electron chi connectivity index (χ0n) is 16.5. The van der Waals surface area contributed by atoms with Crippen LogP contribution >= 0.6 is 0 Å². The first-order chi connectivity index (χ1) is 13.0. The molecule has 1 amide bonds. The number of hydrogen-bond acceptors (Lipinski definition) is 4. The molecule has 0 bridgehead atoms. The van der Waals surface area contributed by atoms with Gasteiger partial charge in [-0.05, 0) is 19.4 Å². The standard InChI is InChI=1S/C21H29N5O/c1-17-21(18(2)24(3)23-17)22-20(27)16-26-14-12-25(13-15-26)11-7-10-19-8-5-4-6-9-19/h4-10H,11-16H2,1-3H3,(H,22,27)/b10-7+. The summed E-state index contributed by atoms with van der Waals surface area (Å²) in [6, 6.07) is 10.4. The van der Waals surface area contributed by atoms with Gasteiger partial charge in [-0.1, -0.05) is 42.5 Å². The van der Waals surface area contributed by atoms with E-state index in [4.69, 9.17) is 0 Å². The van der Waals surface area contributed by atoms with Crippen LogP contribution in [-0.2, 0) is 11.8 Å². The lowest BCUT2D eigenvalue weighted by molar-refractivity contribution is -0.117. The predicted octanol–water partition coefficient (Wildman–Crippen LogP) is 2.31. The molecule has 0 radical (unpaired) electrons. The predicted molar refractivity (Wildman–Crippen MR) is 110 cm³/mol. The highest BCUT2D eigenvalue weighted by molar-refractivity contribution is 5.93. The molecule has 144 valence electrons. The lowest BCUT2D eigenvalue weighted by Crippen LogP contribution is -2.48. The zero-order valence-corrected chi connectivity index (χ0v) is 16.5. The van der Waals surface area contributed by atoms with Crippen LogP contribution in [0.2, 0.25) is 0 Å². The highest BCUT2D eigenvalue weighted by Gasteiger charge is 2.19. The summed E-state index contributed by atoms with van der Waals surface area (Å²) >= 11 is 0. The molecule has 2 aromatic rings. The van der Waals surface area contributed by atoms with Crippen molar-refractivity contribution in [1.82, 2.24) is 19.6 Å². The molecule has 1 aliphatic heterocycles. The summed E-state index contributed by atoms with van der Waals surface area (Å²) in [5.41, 5.74) is 3.91. The molecule has 3 rings (SSSR count). The maximum atomic E-state index is 12.4. The smallest absolute Gasteiger partial charge is 0.238 e. The minimum absolute atomic E-state index is 0.0339. The molecule has 1 aromatic heterocycles. The van der Waals surface area contributed by atoms with Gasteiger partial charge in [-0.3, -0.25) is 19.3 Å². The van der Waals surface area contributed by atoms with Gasteiger partial charge in [0.25, 0.3) is 0 Å². The van der Waals surface area contributed by atoms with Crippen molar-refractivity contribution in [2.75, 3.05) is 44.6 Å². The summed E-state index contributed by atoms with van der Waals surface area (Å²) in [7, 11) is 1.89. The first-order valence-electron chi connectivity index (χ1n) is 9.49. The SMILES string of the molecule is Cc1nn(C)c(C)c1NC(=O)CN1CCN(C/C=C/c2ccccc2)CC1. The Morgan fingerprint density at radius 1 is 1.11 bits per heavy atom. The van der Waals surface area contributed by atoms with Crippen LogP contribution in [0.25, 0.3) is 6.08 Å². The number of carbonyl (C=O) groups is 1. The van der Waals surface area contributed by atoms with Crippen LogP contribution < -0.4 is 5.32 Å². The van der Waals surface area contributed by atoms with E-state index in [0.29, 0.717) is 6.54 Å². The quantitative estimate of drug-likeness (QED) is 0.851. The molecule has 2 heterocycles.